The Balaban J connectivity index is 2.69. The van der Waals surface area contributed by atoms with Crippen molar-refractivity contribution in [1.29, 1.82) is 0 Å². The summed E-state index contributed by atoms with van der Waals surface area (Å²) in [6, 6.07) is 4.92. The fraction of sp³-hybridized carbons (Fsp3) is 0.571. The van der Waals surface area contributed by atoms with Gasteiger partial charge in [0.15, 0.2) is 0 Å². The zero-order valence-corrected chi connectivity index (χ0v) is 12.8. The average Bonchev–Trinajstić information content (AvgIpc) is 2.27. The van der Waals surface area contributed by atoms with Gasteiger partial charge < -0.3 is 0 Å². The lowest BCUT2D eigenvalue weighted by Gasteiger charge is -2.21. The van der Waals surface area contributed by atoms with E-state index in [4.69, 9.17) is 0 Å². The standard InChI is InChI=1S/C14H22FNO2S/c1-14(2,3)10-5-11-16(4)19(17,18)13-8-6-12(15)7-9-13/h6-9H,5,10-11H2,1-4H3. The molecule has 0 fully saturated rings. The highest BCUT2D eigenvalue weighted by Gasteiger charge is 2.21. The van der Waals surface area contributed by atoms with E-state index >= 15 is 0 Å². The molecule has 0 atom stereocenters. The molecule has 0 amide bonds. The molecule has 3 nitrogen and oxygen atoms in total. The highest BCUT2D eigenvalue weighted by molar-refractivity contribution is 7.89. The first-order valence-corrected chi connectivity index (χ1v) is 7.79. The molecule has 0 aliphatic carbocycles. The van der Waals surface area contributed by atoms with Crippen molar-refractivity contribution in [3.63, 3.8) is 0 Å². The molecule has 0 aromatic heterocycles. The topological polar surface area (TPSA) is 37.4 Å². The van der Waals surface area contributed by atoms with Crippen molar-refractivity contribution in [3.05, 3.63) is 30.1 Å². The van der Waals surface area contributed by atoms with Gasteiger partial charge in [0.1, 0.15) is 5.82 Å². The third kappa shape index (κ3) is 4.91. The van der Waals surface area contributed by atoms with Crippen LogP contribution < -0.4 is 0 Å². The second-order valence-corrected chi connectivity index (χ2v) is 7.99. The van der Waals surface area contributed by atoms with Gasteiger partial charge in [0, 0.05) is 13.6 Å². The van der Waals surface area contributed by atoms with Crippen LogP contribution in [0.4, 0.5) is 4.39 Å². The number of benzene rings is 1. The Morgan fingerprint density at radius 2 is 1.68 bits per heavy atom. The number of nitrogens with zero attached hydrogens (tertiary/aromatic N) is 1. The van der Waals surface area contributed by atoms with E-state index < -0.39 is 15.8 Å². The van der Waals surface area contributed by atoms with Gasteiger partial charge in [0.25, 0.3) is 0 Å². The second kappa shape index (κ2) is 6.01. The molecule has 5 heteroatoms. The van der Waals surface area contributed by atoms with Gasteiger partial charge in [-0.2, -0.15) is 0 Å². The first-order chi connectivity index (χ1) is 8.63. The molecule has 0 aliphatic rings. The molecule has 1 rings (SSSR count). The number of hydrogen-bond donors (Lipinski definition) is 0. The van der Waals surface area contributed by atoms with Gasteiger partial charge in [-0.1, -0.05) is 20.8 Å². The number of hydrogen-bond acceptors (Lipinski definition) is 2. The predicted octanol–water partition coefficient (Wildman–Crippen LogP) is 3.27. The van der Waals surface area contributed by atoms with Crippen LogP contribution in [-0.4, -0.2) is 26.3 Å². The molecular weight excluding hydrogens is 265 g/mol. The minimum atomic E-state index is -3.51. The molecule has 0 bridgehead atoms. The van der Waals surface area contributed by atoms with E-state index in [0.717, 1.165) is 25.0 Å². The Morgan fingerprint density at radius 3 is 2.16 bits per heavy atom. The van der Waals surface area contributed by atoms with E-state index in [0.29, 0.717) is 6.54 Å². The van der Waals surface area contributed by atoms with Crippen molar-refractivity contribution in [2.24, 2.45) is 5.41 Å². The summed E-state index contributed by atoms with van der Waals surface area (Å²) in [6.45, 7) is 6.85. The van der Waals surface area contributed by atoms with Crippen LogP contribution in [0.5, 0.6) is 0 Å². The van der Waals surface area contributed by atoms with Gasteiger partial charge in [-0.25, -0.2) is 17.1 Å². The van der Waals surface area contributed by atoms with Gasteiger partial charge in [-0.15, -0.1) is 0 Å². The van der Waals surface area contributed by atoms with Gasteiger partial charge >= 0.3 is 0 Å². The maximum Gasteiger partial charge on any atom is 0.242 e. The van der Waals surface area contributed by atoms with Crippen LogP contribution in [-0.2, 0) is 10.0 Å². The third-order valence-electron chi connectivity index (χ3n) is 2.92. The SMILES string of the molecule is CN(CCCC(C)(C)C)S(=O)(=O)c1ccc(F)cc1. The first kappa shape index (κ1) is 16.1. The monoisotopic (exact) mass is 287 g/mol. The predicted molar refractivity (Wildman–Crippen MR) is 74.9 cm³/mol. The van der Waals surface area contributed by atoms with Crippen LogP contribution in [0, 0.1) is 11.2 Å². The van der Waals surface area contributed by atoms with Crippen molar-refractivity contribution in [1.82, 2.24) is 4.31 Å². The average molecular weight is 287 g/mol. The fourth-order valence-electron chi connectivity index (χ4n) is 1.74. The van der Waals surface area contributed by atoms with E-state index in [1.165, 1.54) is 16.4 Å². The highest BCUT2D eigenvalue weighted by Crippen LogP contribution is 2.22. The van der Waals surface area contributed by atoms with Gasteiger partial charge in [0.05, 0.1) is 4.90 Å². The minimum Gasteiger partial charge on any atom is -0.207 e. The van der Waals surface area contributed by atoms with Crippen LogP contribution in [0.1, 0.15) is 33.6 Å². The Kier molecular flexibility index (Phi) is 5.10. The molecule has 108 valence electrons. The molecule has 0 heterocycles. The second-order valence-electron chi connectivity index (χ2n) is 5.94. The molecule has 0 aliphatic heterocycles. The molecule has 0 N–H and O–H groups in total. The summed E-state index contributed by atoms with van der Waals surface area (Å²) in [7, 11) is -1.95. The third-order valence-corrected chi connectivity index (χ3v) is 4.79. The maximum absolute atomic E-state index is 12.8. The van der Waals surface area contributed by atoms with E-state index in [1.54, 1.807) is 7.05 Å². The molecule has 0 saturated carbocycles. The number of sulfonamides is 1. The molecular formula is C14H22FNO2S. The normalized spacial score (nSPS) is 12.9. The quantitative estimate of drug-likeness (QED) is 0.833. The van der Waals surface area contributed by atoms with Crippen LogP contribution in [0.15, 0.2) is 29.2 Å². The Labute approximate surface area is 115 Å². The Morgan fingerprint density at radius 1 is 1.16 bits per heavy atom. The molecule has 1 aromatic carbocycles. The van der Waals surface area contributed by atoms with E-state index in [-0.39, 0.29) is 10.3 Å². The van der Waals surface area contributed by atoms with Crippen LogP contribution in [0.3, 0.4) is 0 Å². The molecule has 0 spiro atoms. The largest absolute Gasteiger partial charge is 0.242 e. The number of halogens is 1. The molecule has 0 saturated heterocycles. The summed E-state index contributed by atoms with van der Waals surface area (Å²) in [4.78, 5) is 0.132. The summed E-state index contributed by atoms with van der Waals surface area (Å²) in [5.74, 6) is -0.436. The number of rotatable bonds is 5. The summed E-state index contributed by atoms with van der Waals surface area (Å²) >= 11 is 0. The van der Waals surface area contributed by atoms with Crippen molar-refractivity contribution >= 4 is 10.0 Å². The Bertz CT molecular complexity index is 503. The molecule has 0 unspecified atom stereocenters. The molecule has 1 aromatic rings. The fourth-order valence-corrected chi connectivity index (χ4v) is 2.95. The lowest BCUT2D eigenvalue weighted by Crippen LogP contribution is -2.28. The van der Waals surface area contributed by atoms with E-state index in [2.05, 4.69) is 20.8 Å². The summed E-state index contributed by atoms with van der Waals surface area (Å²) in [5, 5.41) is 0. The molecule has 19 heavy (non-hydrogen) atoms. The maximum atomic E-state index is 12.8. The lowest BCUT2D eigenvalue weighted by molar-refractivity contribution is 0.342. The zero-order chi connectivity index (χ0) is 14.7. The van der Waals surface area contributed by atoms with Crippen LogP contribution >= 0.6 is 0 Å². The van der Waals surface area contributed by atoms with Gasteiger partial charge in [0.2, 0.25) is 10.0 Å². The van der Waals surface area contributed by atoms with E-state index in [9.17, 15) is 12.8 Å². The Hall–Kier alpha value is -0.940. The van der Waals surface area contributed by atoms with Crippen molar-refractivity contribution < 1.29 is 12.8 Å². The van der Waals surface area contributed by atoms with Crippen molar-refractivity contribution in [3.8, 4) is 0 Å². The summed E-state index contributed by atoms with van der Waals surface area (Å²) < 4.78 is 38.5. The smallest absolute Gasteiger partial charge is 0.207 e. The van der Waals surface area contributed by atoms with Gasteiger partial charge in [-0.3, -0.25) is 0 Å². The summed E-state index contributed by atoms with van der Waals surface area (Å²) in [6.07, 6.45) is 1.76. The van der Waals surface area contributed by atoms with E-state index in [1.807, 2.05) is 0 Å². The summed E-state index contributed by atoms with van der Waals surface area (Å²) in [5.41, 5.74) is 0.195. The van der Waals surface area contributed by atoms with Gasteiger partial charge in [-0.05, 0) is 42.5 Å². The zero-order valence-electron chi connectivity index (χ0n) is 12.0. The van der Waals surface area contributed by atoms with Crippen LogP contribution in [0.2, 0.25) is 0 Å². The van der Waals surface area contributed by atoms with Crippen LogP contribution in [0.25, 0.3) is 0 Å². The highest BCUT2D eigenvalue weighted by atomic mass is 32.2. The van der Waals surface area contributed by atoms with Crippen molar-refractivity contribution in [2.75, 3.05) is 13.6 Å². The first-order valence-electron chi connectivity index (χ1n) is 6.35. The van der Waals surface area contributed by atoms with Crippen molar-refractivity contribution in [2.45, 2.75) is 38.5 Å². The minimum absolute atomic E-state index is 0.132. The lowest BCUT2D eigenvalue weighted by atomic mass is 9.91. The molecule has 0 radical (unpaired) electrons.